The van der Waals surface area contributed by atoms with Gasteiger partial charge >= 0.3 is 0 Å². The summed E-state index contributed by atoms with van der Waals surface area (Å²) in [6.45, 7) is 0. The van der Waals surface area contributed by atoms with Gasteiger partial charge in [-0.1, -0.05) is 54.6 Å². The zero-order valence-electron chi connectivity index (χ0n) is 14.2. The Bertz CT molecular complexity index is 643. The summed E-state index contributed by atoms with van der Waals surface area (Å²) in [5.74, 6) is 0.114. The van der Waals surface area contributed by atoms with E-state index in [1.807, 2.05) is 30.3 Å². The number of nitrogens with one attached hydrogen (secondary N) is 1. The maximum atomic E-state index is 12.2. The fourth-order valence-corrected chi connectivity index (χ4v) is 3.35. The fourth-order valence-electron chi connectivity index (χ4n) is 3.35. The van der Waals surface area contributed by atoms with Crippen LogP contribution in [0, 0.1) is 0 Å². The number of carbonyl (C=O) groups excluding carboxylic acids is 1. The Morgan fingerprint density at radius 3 is 2.21 bits per heavy atom. The largest absolute Gasteiger partial charge is 0.381 e. The zero-order valence-corrected chi connectivity index (χ0v) is 14.2. The van der Waals surface area contributed by atoms with Crippen molar-refractivity contribution in [3.8, 4) is 11.1 Å². The first-order chi connectivity index (χ1) is 11.7. The number of rotatable bonds is 5. The van der Waals surface area contributed by atoms with Crippen LogP contribution >= 0.6 is 0 Å². The number of hydrogen-bond acceptors (Lipinski definition) is 2. The van der Waals surface area contributed by atoms with Crippen LogP contribution in [-0.2, 0) is 16.0 Å². The predicted octanol–water partition coefficient (Wildman–Crippen LogP) is 3.97. The van der Waals surface area contributed by atoms with Gasteiger partial charge in [-0.2, -0.15) is 0 Å². The van der Waals surface area contributed by atoms with Crippen molar-refractivity contribution < 1.29 is 9.53 Å². The highest BCUT2D eigenvalue weighted by atomic mass is 16.5. The lowest BCUT2D eigenvalue weighted by Gasteiger charge is -2.28. The van der Waals surface area contributed by atoms with Crippen LogP contribution in [0.2, 0.25) is 0 Å². The van der Waals surface area contributed by atoms with Crippen LogP contribution in [-0.4, -0.2) is 25.2 Å². The van der Waals surface area contributed by atoms with Crippen LogP contribution in [0.4, 0.5) is 0 Å². The molecule has 3 nitrogen and oxygen atoms in total. The Morgan fingerprint density at radius 2 is 1.58 bits per heavy atom. The van der Waals surface area contributed by atoms with Crippen molar-refractivity contribution >= 4 is 5.91 Å². The summed E-state index contributed by atoms with van der Waals surface area (Å²) in [6, 6.07) is 18.8. The average molecular weight is 323 g/mol. The van der Waals surface area contributed by atoms with Crippen molar-refractivity contribution in [1.82, 2.24) is 5.32 Å². The monoisotopic (exact) mass is 323 g/mol. The van der Waals surface area contributed by atoms with E-state index in [0.717, 1.165) is 31.2 Å². The Hall–Kier alpha value is -2.13. The molecule has 0 bridgehead atoms. The van der Waals surface area contributed by atoms with Gasteiger partial charge in [0.25, 0.3) is 0 Å². The summed E-state index contributed by atoms with van der Waals surface area (Å²) in [4.78, 5) is 12.2. The van der Waals surface area contributed by atoms with E-state index < -0.39 is 0 Å². The summed E-state index contributed by atoms with van der Waals surface area (Å²) >= 11 is 0. The number of methoxy groups -OCH3 is 1. The number of carbonyl (C=O) groups is 1. The van der Waals surface area contributed by atoms with Gasteiger partial charge < -0.3 is 10.1 Å². The molecule has 1 saturated carbocycles. The number of amides is 1. The summed E-state index contributed by atoms with van der Waals surface area (Å²) in [7, 11) is 1.77. The molecule has 2 aromatic carbocycles. The molecule has 1 aliphatic rings. The Labute approximate surface area is 144 Å². The van der Waals surface area contributed by atoms with E-state index in [2.05, 4.69) is 29.6 Å². The van der Waals surface area contributed by atoms with Gasteiger partial charge in [-0.05, 0) is 42.4 Å². The molecule has 1 aliphatic carbocycles. The van der Waals surface area contributed by atoms with Gasteiger partial charge in [-0.15, -0.1) is 0 Å². The van der Waals surface area contributed by atoms with Crippen molar-refractivity contribution in [2.75, 3.05) is 7.11 Å². The molecule has 0 aliphatic heterocycles. The third-order valence-corrected chi connectivity index (χ3v) is 4.80. The Morgan fingerprint density at radius 1 is 0.958 bits per heavy atom. The second-order valence-corrected chi connectivity index (χ2v) is 6.52. The van der Waals surface area contributed by atoms with Crippen molar-refractivity contribution in [1.29, 1.82) is 0 Å². The number of hydrogen-bond donors (Lipinski definition) is 1. The minimum Gasteiger partial charge on any atom is -0.381 e. The third-order valence-electron chi connectivity index (χ3n) is 4.80. The summed E-state index contributed by atoms with van der Waals surface area (Å²) < 4.78 is 5.38. The quantitative estimate of drug-likeness (QED) is 0.904. The minimum atomic E-state index is 0.114. The molecule has 24 heavy (non-hydrogen) atoms. The lowest BCUT2D eigenvalue weighted by molar-refractivity contribution is -0.121. The van der Waals surface area contributed by atoms with Crippen LogP contribution < -0.4 is 5.32 Å². The van der Waals surface area contributed by atoms with Crippen LogP contribution in [0.5, 0.6) is 0 Å². The highest BCUT2D eigenvalue weighted by Gasteiger charge is 2.21. The molecule has 0 atom stereocenters. The van der Waals surface area contributed by atoms with Crippen molar-refractivity contribution in [2.24, 2.45) is 0 Å². The molecule has 0 heterocycles. The maximum Gasteiger partial charge on any atom is 0.224 e. The smallest absolute Gasteiger partial charge is 0.224 e. The second kappa shape index (κ2) is 8.11. The fraction of sp³-hybridized carbons (Fsp3) is 0.381. The predicted molar refractivity (Wildman–Crippen MR) is 96.8 cm³/mol. The van der Waals surface area contributed by atoms with Gasteiger partial charge in [0.1, 0.15) is 0 Å². The molecule has 1 amide bonds. The normalized spacial score (nSPS) is 20.5. The molecule has 0 radical (unpaired) electrons. The molecule has 0 aromatic heterocycles. The number of benzene rings is 2. The summed E-state index contributed by atoms with van der Waals surface area (Å²) in [5.41, 5.74) is 3.43. The van der Waals surface area contributed by atoms with Gasteiger partial charge in [-0.25, -0.2) is 0 Å². The first kappa shape index (κ1) is 16.7. The minimum absolute atomic E-state index is 0.114. The van der Waals surface area contributed by atoms with Crippen LogP contribution in [0.25, 0.3) is 11.1 Å². The van der Waals surface area contributed by atoms with Crippen LogP contribution in [0.3, 0.4) is 0 Å². The van der Waals surface area contributed by atoms with Gasteiger partial charge in [0.05, 0.1) is 12.5 Å². The SMILES string of the molecule is COC1CCC(NC(=O)Cc2ccc(-c3ccccc3)cc2)CC1. The standard InChI is InChI=1S/C21H25NO2/c1-24-20-13-11-19(12-14-20)22-21(23)15-16-7-9-18(10-8-16)17-5-3-2-4-6-17/h2-10,19-20H,11-15H2,1H3,(H,22,23). The molecular weight excluding hydrogens is 298 g/mol. The summed E-state index contributed by atoms with van der Waals surface area (Å²) in [6.07, 6.45) is 4.90. The molecule has 2 aromatic rings. The average Bonchev–Trinajstić information content (AvgIpc) is 2.64. The van der Waals surface area contributed by atoms with Crippen molar-refractivity contribution in [2.45, 2.75) is 44.2 Å². The van der Waals surface area contributed by atoms with Crippen molar-refractivity contribution in [3.05, 3.63) is 60.2 Å². The van der Waals surface area contributed by atoms with E-state index in [-0.39, 0.29) is 5.91 Å². The lowest BCUT2D eigenvalue weighted by atomic mass is 9.93. The Balaban J connectivity index is 1.52. The van der Waals surface area contributed by atoms with E-state index >= 15 is 0 Å². The molecule has 0 unspecified atom stereocenters. The molecular formula is C21H25NO2. The second-order valence-electron chi connectivity index (χ2n) is 6.52. The molecule has 3 rings (SSSR count). The zero-order chi connectivity index (χ0) is 16.8. The van der Waals surface area contributed by atoms with Gasteiger partial charge in [-0.3, -0.25) is 4.79 Å². The first-order valence-electron chi connectivity index (χ1n) is 8.71. The van der Waals surface area contributed by atoms with Crippen LogP contribution in [0.1, 0.15) is 31.2 Å². The van der Waals surface area contributed by atoms with Gasteiger partial charge in [0, 0.05) is 13.2 Å². The van der Waals surface area contributed by atoms with Gasteiger partial charge in [0.15, 0.2) is 0 Å². The van der Waals surface area contributed by atoms with E-state index in [1.54, 1.807) is 7.11 Å². The molecule has 1 fully saturated rings. The third kappa shape index (κ3) is 4.45. The van der Waals surface area contributed by atoms with E-state index in [4.69, 9.17) is 4.74 Å². The topological polar surface area (TPSA) is 38.3 Å². The first-order valence-corrected chi connectivity index (χ1v) is 8.71. The molecule has 1 N–H and O–H groups in total. The number of ether oxygens (including phenoxy) is 1. The van der Waals surface area contributed by atoms with E-state index in [1.165, 1.54) is 11.1 Å². The highest BCUT2D eigenvalue weighted by Crippen LogP contribution is 2.21. The molecule has 3 heteroatoms. The van der Waals surface area contributed by atoms with Gasteiger partial charge in [0.2, 0.25) is 5.91 Å². The van der Waals surface area contributed by atoms with Crippen LogP contribution in [0.15, 0.2) is 54.6 Å². The molecule has 0 spiro atoms. The lowest BCUT2D eigenvalue weighted by Crippen LogP contribution is -2.39. The molecule has 0 saturated heterocycles. The molecule has 126 valence electrons. The Kier molecular flexibility index (Phi) is 5.65. The van der Waals surface area contributed by atoms with E-state index in [0.29, 0.717) is 18.6 Å². The maximum absolute atomic E-state index is 12.2. The summed E-state index contributed by atoms with van der Waals surface area (Å²) in [5, 5.41) is 3.16. The van der Waals surface area contributed by atoms with Crippen molar-refractivity contribution in [3.63, 3.8) is 0 Å². The highest BCUT2D eigenvalue weighted by molar-refractivity contribution is 5.79. The van der Waals surface area contributed by atoms with E-state index in [9.17, 15) is 4.79 Å².